The number of aromatic hydroxyl groups is 1. The van der Waals surface area contributed by atoms with Crippen LogP contribution in [0.4, 0.5) is 0 Å². The van der Waals surface area contributed by atoms with Crippen molar-refractivity contribution in [2.75, 3.05) is 20.8 Å². The Kier molecular flexibility index (Phi) is 5.26. The van der Waals surface area contributed by atoms with E-state index in [-0.39, 0.29) is 11.3 Å². The monoisotopic (exact) mass is 366 g/mol. The molecule has 6 heteroatoms. The van der Waals surface area contributed by atoms with Crippen molar-refractivity contribution in [1.82, 2.24) is 0 Å². The zero-order valence-electron chi connectivity index (χ0n) is 14.9. The summed E-state index contributed by atoms with van der Waals surface area (Å²) in [6.07, 6.45) is 0. The number of ether oxygens (including phenoxy) is 3. The molecule has 0 unspecified atom stereocenters. The van der Waals surface area contributed by atoms with E-state index in [4.69, 9.17) is 14.2 Å². The van der Waals surface area contributed by atoms with Crippen LogP contribution < -0.4 is 9.47 Å². The van der Waals surface area contributed by atoms with Gasteiger partial charge in [-0.25, -0.2) is 4.79 Å². The van der Waals surface area contributed by atoms with Crippen LogP contribution in [0, 0.1) is 0 Å². The van der Waals surface area contributed by atoms with Gasteiger partial charge >= 0.3 is 5.97 Å². The Bertz CT molecular complexity index is 1010. The molecule has 0 atom stereocenters. The summed E-state index contributed by atoms with van der Waals surface area (Å²) >= 11 is 0. The summed E-state index contributed by atoms with van der Waals surface area (Å²) in [4.78, 5) is 24.6. The topological polar surface area (TPSA) is 82.1 Å². The summed E-state index contributed by atoms with van der Waals surface area (Å²) in [6.45, 7) is -0.458. The summed E-state index contributed by atoms with van der Waals surface area (Å²) < 4.78 is 15.4. The fourth-order valence-electron chi connectivity index (χ4n) is 2.69. The molecule has 6 nitrogen and oxygen atoms in total. The number of benzene rings is 3. The summed E-state index contributed by atoms with van der Waals surface area (Å²) in [7, 11) is 2.96. The van der Waals surface area contributed by atoms with Gasteiger partial charge in [-0.05, 0) is 41.1 Å². The highest BCUT2D eigenvalue weighted by Gasteiger charge is 2.17. The average Bonchev–Trinajstić information content (AvgIpc) is 2.70. The van der Waals surface area contributed by atoms with Gasteiger partial charge in [-0.3, -0.25) is 4.79 Å². The standard InChI is InChI=1S/C21H18O6/c1-25-19-8-7-15(11-20(19)26-2)18(23)12-27-21(24)16-9-13-5-3-4-6-14(13)10-17(16)22/h3-11,22H,12H2,1-2H3. The molecule has 1 N–H and O–H groups in total. The largest absolute Gasteiger partial charge is 0.507 e. The normalized spacial score (nSPS) is 10.4. The Balaban J connectivity index is 1.74. The summed E-state index contributed by atoms with van der Waals surface area (Å²) in [5, 5.41) is 11.7. The first-order valence-corrected chi connectivity index (χ1v) is 8.17. The number of hydrogen-bond acceptors (Lipinski definition) is 6. The Labute approximate surface area is 155 Å². The summed E-state index contributed by atoms with van der Waals surface area (Å²) in [5.41, 5.74) is 0.331. The molecule has 0 saturated carbocycles. The van der Waals surface area contributed by atoms with Gasteiger partial charge in [0.15, 0.2) is 23.9 Å². The Morgan fingerprint density at radius 2 is 1.56 bits per heavy atom. The molecule has 3 aromatic rings. The number of methoxy groups -OCH3 is 2. The molecular weight excluding hydrogens is 348 g/mol. The highest BCUT2D eigenvalue weighted by molar-refractivity contribution is 6.02. The number of carbonyl (C=O) groups excluding carboxylic acids is 2. The quantitative estimate of drug-likeness (QED) is 0.530. The number of rotatable bonds is 6. The molecule has 0 heterocycles. The number of hydrogen-bond donors (Lipinski definition) is 1. The van der Waals surface area contributed by atoms with Crippen LogP contribution >= 0.6 is 0 Å². The van der Waals surface area contributed by atoms with E-state index in [9.17, 15) is 14.7 Å². The van der Waals surface area contributed by atoms with Crippen LogP contribution in [0.2, 0.25) is 0 Å². The lowest BCUT2D eigenvalue weighted by Gasteiger charge is -2.10. The second-order valence-electron chi connectivity index (χ2n) is 5.79. The van der Waals surface area contributed by atoms with E-state index in [2.05, 4.69) is 0 Å². The number of ketones is 1. The SMILES string of the molecule is COc1ccc(C(=O)COC(=O)c2cc3ccccc3cc2O)cc1OC. The van der Waals surface area contributed by atoms with Gasteiger partial charge in [-0.15, -0.1) is 0 Å². The van der Waals surface area contributed by atoms with Crippen LogP contribution in [0.3, 0.4) is 0 Å². The molecule has 0 bridgehead atoms. The molecule has 0 spiro atoms. The Morgan fingerprint density at radius 1 is 0.889 bits per heavy atom. The van der Waals surface area contributed by atoms with E-state index >= 15 is 0 Å². The molecule has 0 radical (unpaired) electrons. The highest BCUT2D eigenvalue weighted by Crippen LogP contribution is 2.28. The number of carbonyl (C=O) groups is 2. The lowest BCUT2D eigenvalue weighted by atomic mass is 10.1. The maximum absolute atomic E-state index is 12.3. The molecule has 3 aromatic carbocycles. The number of esters is 1. The maximum Gasteiger partial charge on any atom is 0.342 e. The number of phenolic OH excluding ortho intramolecular Hbond substituents is 1. The van der Waals surface area contributed by atoms with Gasteiger partial charge in [0.1, 0.15) is 11.3 Å². The first kappa shape index (κ1) is 18.3. The van der Waals surface area contributed by atoms with Crippen molar-refractivity contribution < 1.29 is 28.9 Å². The van der Waals surface area contributed by atoms with E-state index in [1.165, 1.54) is 32.4 Å². The number of phenols is 1. The third kappa shape index (κ3) is 3.84. The van der Waals surface area contributed by atoms with Gasteiger partial charge in [0, 0.05) is 5.56 Å². The minimum atomic E-state index is -0.771. The minimum Gasteiger partial charge on any atom is -0.507 e. The minimum absolute atomic E-state index is 0.00816. The molecule has 0 aromatic heterocycles. The van der Waals surface area contributed by atoms with Crippen molar-refractivity contribution in [3.63, 3.8) is 0 Å². The lowest BCUT2D eigenvalue weighted by Crippen LogP contribution is -2.14. The fraction of sp³-hybridized carbons (Fsp3) is 0.143. The zero-order chi connectivity index (χ0) is 19.4. The lowest BCUT2D eigenvalue weighted by molar-refractivity contribution is 0.0472. The number of Topliss-reactive ketones (excluding diaryl/α,β-unsaturated/α-hetero) is 1. The van der Waals surface area contributed by atoms with Crippen molar-refractivity contribution in [2.45, 2.75) is 0 Å². The van der Waals surface area contributed by atoms with E-state index in [0.29, 0.717) is 17.1 Å². The second kappa shape index (κ2) is 7.78. The third-order valence-corrected chi connectivity index (χ3v) is 4.12. The molecule has 0 amide bonds. The molecule has 0 aliphatic heterocycles. The average molecular weight is 366 g/mol. The van der Waals surface area contributed by atoms with E-state index in [0.717, 1.165) is 10.8 Å². The zero-order valence-corrected chi connectivity index (χ0v) is 14.9. The van der Waals surface area contributed by atoms with E-state index < -0.39 is 18.4 Å². The number of fused-ring (bicyclic) bond motifs is 1. The molecule has 0 fully saturated rings. The van der Waals surface area contributed by atoms with Crippen LogP contribution in [0.25, 0.3) is 10.8 Å². The maximum atomic E-state index is 12.3. The Hall–Kier alpha value is -3.54. The van der Waals surface area contributed by atoms with Crippen LogP contribution in [0.1, 0.15) is 20.7 Å². The fourth-order valence-corrected chi connectivity index (χ4v) is 2.69. The van der Waals surface area contributed by atoms with E-state index in [1.54, 1.807) is 12.1 Å². The smallest absolute Gasteiger partial charge is 0.342 e. The molecular formula is C21H18O6. The summed E-state index contributed by atoms with van der Waals surface area (Å²) in [6, 6.07) is 15.0. The first-order valence-electron chi connectivity index (χ1n) is 8.17. The van der Waals surface area contributed by atoms with Crippen LogP contribution in [-0.2, 0) is 4.74 Å². The van der Waals surface area contributed by atoms with E-state index in [1.807, 2.05) is 24.3 Å². The van der Waals surface area contributed by atoms with Gasteiger partial charge in [-0.2, -0.15) is 0 Å². The molecule has 0 saturated heterocycles. The van der Waals surface area contributed by atoms with Crippen molar-refractivity contribution in [3.8, 4) is 17.2 Å². The van der Waals surface area contributed by atoms with Crippen molar-refractivity contribution in [1.29, 1.82) is 0 Å². The van der Waals surface area contributed by atoms with Crippen LogP contribution in [0.15, 0.2) is 54.6 Å². The van der Waals surface area contributed by atoms with Crippen molar-refractivity contribution in [2.24, 2.45) is 0 Å². The van der Waals surface area contributed by atoms with Gasteiger partial charge in [-0.1, -0.05) is 24.3 Å². The predicted molar refractivity (Wildman–Crippen MR) is 99.8 cm³/mol. The molecule has 138 valence electrons. The van der Waals surface area contributed by atoms with Crippen LogP contribution in [0.5, 0.6) is 17.2 Å². The molecule has 3 rings (SSSR count). The van der Waals surface area contributed by atoms with Gasteiger partial charge in [0.2, 0.25) is 0 Å². The second-order valence-corrected chi connectivity index (χ2v) is 5.79. The third-order valence-electron chi connectivity index (χ3n) is 4.12. The summed E-state index contributed by atoms with van der Waals surface area (Å²) in [5.74, 6) is -0.470. The molecule has 0 aliphatic carbocycles. The Morgan fingerprint density at radius 3 is 2.22 bits per heavy atom. The van der Waals surface area contributed by atoms with Gasteiger partial charge in [0.05, 0.1) is 14.2 Å². The van der Waals surface area contributed by atoms with Gasteiger partial charge < -0.3 is 19.3 Å². The van der Waals surface area contributed by atoms with Crippen molar-refractivity contribution >= 4 is 22.5 Å². The molecule has 0 aliphatic rings. The molecule has 27 heavy (non-hydrogen) atoms. The van der Waals surface area contributed by atoms with Crippen LogP contribution in [-0.4, -0.2) is 37.7 Å². The first-order chi connectivity index (χ1) is 13.0. The van der Waals surface area contributed by atoms with Gasteiger partial charge in [0.25, 0.3) is 0 Å². The highest BCUT2D eigenvalue weighted by atomic mass is 16.5. The predicted octanol–water partition coefficient (Wildman–Crippen LogP) is 3.60. The van der Waals surface area contributed by atoms with Crippen molar-refractivity contribution in [3.05, 3.63) is 65.7 Å².